The van der Waals surface area contributed by atoms with E-state index in [0.717, 1.165) is 0 Å². The third kappa shape index (κ3) is 4.23. The van der Waals surface area contributed by atoms with E-state index >= 15 is 0 Å². The van der Waals surface area contributed by atoms with Gasteiger partial charge in [0.05, 0.1) is 6.54 Å². The maximum absolute atomic E-state index is 12.2. The smallest absolute Gasteiger partial charge is 0.339 e. The van der Waals surface area contributed by atoms with E-state index in [1.54, 1.807) is 23.4 Å². The fraction of sp³-hybridized carbons (Fsp3) is 0.636. The van der Waals surface area contributed by atoms with Gasteiger partial charge in [0.1, 0.15) is 6.54 Å². The normalized spacial score (nSPS) is 17.7. The van der Waals surface area contributed by atoms with Crippen LogP contribution in [0.15, 0.2) is 18.5 Å². The Morgan fingerprint density at radius 3 is 2.42 bits per heavy atom. The lowest BCUT2D eigenvalue weighted by Gasteiger charge is -2.34. The van der Waals surface area contributed by atoms with E-state index in [2.05, 4.69) is 5.10 Å². The van der Waals surface area contributed by atoms with Crippen molar-refractivity contribution in [2.45, 2.75) is 12.7 Å². The largest absolute Gasteiger partial charge is 0.401 e. The first kappa shape index (κ1) is 13.9. The fourth-order valence-corrected chi connectivity index (χ4v) is 2.04. The minimum atomic E-state index is -4.18. The molecule has 0 aromatic carbocycles. The van der Waals surface area contributed by atoms with Crippen molar-refractivity contribution < 1.29 is 18.0 Å². The van der Waals surface area contributed by atoms with E-state index in [4.69, 9.17) is 0 Å². The Hall–Kier alpha value is -1.57. The lowest BCUT2D eigenvalue weighted by molar-refractivity contribution is -0.151. The van der Waals surface area contributed by atoms with Crippen LogP contribution in [0.4, 0.5) is 13.2 Å². The van der Waals surface area contributed by atoms with E-state index < -0.39 is 12.7 Å². The second-order valence-electron chi connectivity index (χ2n) is 4.48. The van der Waals surface area contributed by atoms with E-state index in [-0.39, 0.29) is 25.5 Å². The first-order chi connectivity index (χ1) is 8.94. The highest BCUT2D eigenvalue weighted by Gasteiger charge is 2.32. The molecule has 1 amide bonds. The third-order valence-corrected chi connectivity index (χ3v) is 2.98. The molecule has 0 radical (unpaired) electrons. The summed E-state index contributed by atoms with van der Waals surface area (Å²) in [5.41, 5.74) is 0. The van der Waals surface area contributed by atoms with Crippen LogP contribution in [0.3, 0.4) is 0 Å². The Kier molecular flexibility index (Phi) is 4.08. The van der Waals surface area contributed by atoms with Crippen LogP contribution in [0.2, 0.25) is 0 Å². The van der Waals surface area contributed by atoms with Gasteiger partial charge in [0, 0.05) is 38.6 Å². The number of amides is 1. The topological polar surface area (TPSA) is 41.4 Å². The first-order valence-corrected chi connectivity index (χ1v) is 5.98. The Labute approximate surface area is 108 Å². The van der Waals surface area contributed by atoms with Crippen LogP contribution >= 0.6 is 0 Å². The molecule has 0 unspecified atom stereocenters. The summed E-state index contributed by atoms with van der Waals surface area (Å²) < 4.78 is 38.1. The Bertz CT molecular complexity index is 410. The number of hydrogen-bond donors (Lipinski definition) is 0. The number of nitrogens with zero attached hydrogens (tertiary/aromatic N) is 4. The third-order valence-electron chi connectivity index (χ3n) is 2.98. The van der Waals surface area contributed by atoms with Crippen molar-refractivity contribution in [3.8, 4) is 0 Å². The van der Waals surface area contributed by atoms with Crippen molar-refractivity contribution in [3.05, 3.63) is 18.5 Å². The number of halogens is 3. The highest BCUT2D eigenvalue weighted by molar-refractivity contribution is 5.76. The molecule has 106 valence electrons. The molecule has 0 N–H and O–H groups in total. The van der Waals surface area contributed by atoms with Crippen LogP contribution in [-0.2, 0) is 11.3 Å². The SMILES string of the molecule is O=C(Cn1cccn1)N1CCN(CC(F)(F)F)CC1. The molecule has 1 aliphatic heterocycles. The van der Waals surface area contributed by atoms with Crippen molar-refractivity contribution in [1.82, 2.24) is 19.6 Å². The number of alkyl halides is 3. The van der Waals surface area contributed by atoms with E-state index in [0.29, 0.717) is 13.1 Å². The molecule has 1 aromatic heterocycles. The molecule has 0 aliphatic carbocycles. The molecule has 0 bridgehead atoms. The summed E-state index contributed by atoms with van der Waals surface area (Å²) in [6.45, 7) is 0.390. The molecule has 2 rings (SSSR count). The van der Waals surface area contributed by atoms with Crippen LogP contribution in [0.5, 0.6) is 0 Å². The monoisotopic (exact) mass is 276 g/mol. The molecule has 1 aromatic rings. The maximum atomic E-state index is 12.2. The summed E-state index contributed by atoms with van der Waals surface area (Å²) in [5.74, 6) is -0.115. The fourth-order valence-electron chi connectivity index (χ4n) is 2.04. The number of carbonyl (C=O) groups excluding carboxylic acids is 1. The van der Waals surface area contributed by atoms with Crippen molar-refractivity contribution in [2.24, 2.45) is 0 Å². The van der Waals surface area contributed by atoms with Gasteiger partial charge in [-0.2, -0.15) is 18.3 Å². The summed E-state index contributed by atoms with van der Waals surface area (Å²) in [4.78, 5) is 14.8. The molecule has 0 spiro atoms. The summed E-state index contributed by atoms with van der Waals surface area (Å²) in [7, 11) is 0. The number of piperazine rings is 1. The zero-order valence-corrected chi connectivity index (χ0v) is 10.3. The van der Waals surface area contributed by atoms with Gasteiger partial charge in [0.25, 0.3) is 0 Å². The molecular weight excluding hydrogens is 261 g/mol. The van der Waals surface area contributed by atoms with Gasteiger partial charge in [-0.3, -0.25) is 14.4 Å². The van der Waals surface area contributed by atoms with Crippen molar-refractivity contribution in [3.63, 3.8) is 0 Å². The molecule has 2 heterocycles. The molecule has 1 aliphatic rings. The molecular formula is C11H15F3N4O. The number of carbonyl (C=O) groups is 1. The van der Waals surface area contributed by atoms with Crippen LogP contribution in [-0.4, -0.2) is 64.4 Å². The molecule has 5 nitrogen and oxygen atoms in total. The minimum Gasteiger partial charge on any atom is -0.339 e. The first-order valence-electron chi connectivity index (χ1n) is 5.98. The van der Waals surface area contributed by atoms with Gasteiger partial charge in [-0.05, 0) is 6.07 Å². The van der Waals surface area contributed by atoms with Gasteiger partial charge in [-0.1, -0.05) is 0 Å². The predicted molar refractivity (Wildman–Crippen MR) is 61.3 cm³/mol. The second kappa shape index (κ2) is 5.60. The average Bonchev–Trinajstić information content (AvgIpc) is 2.80. The highest BCUT2D eigenvalue weighted by Crippen LogP contribution is 2.17. The van der Waals surface area contributed by atoms with Crippen LogP contribution in [0.1, 0.15) is 0 Å². The number of rotatable bonds is 3. The van der Waals surface area contributed by atoms with Gasteiger partial charge < -0.3 is 4.90 Å². The summed E-state index contributed by atoms with van der Waals surface area (Å²) in [6.07, 6.45) is -0.923. The van der Waals surface area contributed by atoms with E-state index in [1.165, 1.54) is 9.58 Å². The Morgan fingerprint density at radius 2 is 1.89 bits per heavy atom. The zero-order valence-electron chi connectivity index (χ0n) is 10.3. The van der Waals surface area contributed by atoms with Crippen LogP contribution < -0.4 is 0 Å². The standard InChI is InChI=1S/C11H15F3N4O/c12-11(13,14)9-16-4-6-17(7-5-16)10(19)8-18-3-1-2-15-18/h1-3H,4-9H2. The molecule has 1 fully saturated rings. The van der Waals surface area contributed by atoms with Crippen molar-refractivity contribution >= 4 is 5.91 Å². The van der Waals surface area contributed by atoms with Crippen LogP contribution in [0.25, 0.3) is 0 Å². The van der Waals surface area contributed by atoms with Gasteiger partial charge in [-0.25, -0.2) is 0 Å². The molecule has 1 saturated heterocycles. The van der Waals surface area contributed by atoms with Crippen LogP contribution in [0, 0.1) is 0 Å². The number of aromatic nitrogens is 2. The highest BCUT2D eigenvalue weighted by atomic mass is 19.4. The van der Waals surface area contributed by atoms with E-state index in [1.807, 2.05) is 0 Å². The molecule has 0 atom stereocenters. The van der Waals surface area contributed by atoms with Crippen molar-refractivity contribution in [2.75, 3.05) is 32.7 Å². The van der Waals surface area contributed by atoms with Gasteiger partial charge in [-0.15, -0.1) is 0 Å². The Balaban J connectivity index is 1.78. The lowest BCUT2D eigenvalue weighted by atomic mass is 10.3. The maximum Gasteiger partial charge on any atom is 0.401 e. The van der Waals surface area contributed by atoms with E-state index in [9.17, 15) is 18.0 Å². The Morgan fingerprint density at radius 1 is 1.21 bits per heavy atom. The summed E-state index contributed by atoms with van der Waals surface area (Å²) in [6, 6.07) is 1.72. The summed E-state index contributed by atoms with van der Waals surface area (Å²) >= 11 is 0. The molecule has 0 saturated carbocycles. The average molecular weight is 276 g/mol. The van der Waals surface area contributed by atoms with Gasteiger partial charge in [0.2, 0.25) is 5.91 Å². The lowest BCUT2D eigenvalue weighted by Crippen LogP contribution is -2.51. The quantitative estimate of drug-likeness (QED) is 0.811. The zero-order chi connectivity index (χ0) is 13.9. The molecule has 19 heavy (non-hydrogen) atoms. The molecule has 8 heteroatoms. The summed E-state index contributed by atoms with van der Waals surface area (Å²) in [5, 5.41) is 3.92. The van der Waals surface area contributed by atoms with Gasteiger partial charge in [0.15, 0.2) is 0 Å². The number of hydrogen-bond acceptors (Lipinski definition) is 3. The predicted octanol–water partition coefficient (Wildman–Crippen LogP) is 0.590. The van der Waals surface area contributed by atoms with Gasteiger partial charge >= 0.3 is 6.18 Å². The van der Waals surface area contributed by atoms with Crippen molar-refractivity contribution in [1.29, 1.82) is 0 Å². The minimum absolute atomic E-state index is 0.115. The second-order valence-corrected chi connectivity index (χ2v) is 4.48.